The largest absolute Gasteiger partial charge is 0.413 e. The third-order valence-electron chi connectivity index (χ3n) is 1.21. The second-order valence-corrected chi connectivity index (χ2v) is 5.54. The molecule has 0 aromatic rings. The van der Waals surface area contributed by atoms with Gasteiger partial charge in [0.1, 0.15) is 0 Å². The van der Waals surface area contributed by atoms with Crippen molar-refractivity contribution >= 4 is 26.5 Å². The molecule has 0 aliphatic heterocycles. The first-order valence-electron chi connectivity index (χ1n) is 3.73. The maximum absolute atomic E-state index is 10.6. The van der Waals surface area contributed by atoms with E-state index in [4.69, 9.17) is 19.6 Å². The van der Waals surface area contributed by atoms with Gasteiger partial charge in [0.15, 0.2) is 0 Å². The molecular weight excluding hydrogens is 266 g/mol. The van der Waals surface area contributed by atoms with Gasteiger partial charge in [-0.25, -0.2) is 9.13 Å². The fourth-order valence-corrected chi connectivity index (χ4v) is 1.18. The molecular formula is C4H10N2O8P2. The molecule has 0 unspecified atom stereocenters. The Kier molecular flexibility index (Phi) is 5.27. The van der Waals surface area contributed by atoms with Crippen LogP contribution in [0.15, 0.2) is 0 Å². The highest BCUT2D eigenvalue weighted by atomic mass is 31.2. The summed E-state index contributed by atoms with van der Waals surface area (Å²) in [7, 11) is -9.74. The molecule has 0 heterocycles. The van der Waals surface area contributed by atoms with E-state index in [9.17, 15) is 18.7 Å². The Morgan fingerprint density at radius 2 is 1.06 bits per heavy atom. The van der Waals surface area contributed by atoms with Gasteiger partial charge in [-0.05, 0) is 0 Å². The summed E-state index contributed by atoms with van der Waals surface area (Å²) in [6, 6.07) is 0. The summed E-state index contributed by atoms with van der Waals surface area (Å²) >= 11 is 0. The van der Waals surface area contributed by atoms with E-state index in [-0.39, 0.29) is 13.1 Å². The molecule has 0 bridgehead atoms. The van der Waals surface area contributed by atoms with Crippen molar-refractivity contribution in [2.75, 3.05) is 13.1 Å². The first-order valence-corrected chi connectivity index (χ1v) is 6.95. The summed E-state index contributed by atoms with van der Waals surface area (Å²) in [6.45, 7) is -0.731. The number of rotatable bonds is 5. The zero-order valence-electron chi connectivity index (χ0n) is 7.73. The number of hydrogen-bond acceptors (Lipinski definition) is 4. The van der Waals surface area contributed by atoms with Crippen molar-refractivity contribution in [2.24, 2.45) is 0 Å². The van der Waals surface area contributed by atoms with E-state index in [1.165, 1.54) is 0 Å². The molecule has 0 saturated carbocycles. The van der Waals surface area contributed by atoms with Crippen LogP contribution in [-0.4, -0.2) is 44.0 Å². The van der Waals surface area contributed by atoms with E-state index < -0.39 is 26.5 Å². The average Bonchev–Trinajstić information content (AvgIpc) is 2.08. The predicted molar refractivity (Wildman–Crippen MR) is 50.9 cm³/mol. The third kappa shape index (κ3) is 5.96. The first-order chi connectivity index (χ1) is 7.05. The lowest BCUT2D eigenvalue weighted by Gasteiger charge is -2.07. The maximum atomic E-state index is 10.6. The first kappa shape index (κ1) is 15.2. The van der Waals surface area contributed by atoms with Crippen molar-refractivity contribution in [3.63, 3.8) is 0 Å². The lowest BCUT2D eigenvalue weighted by atomic mass is 10.6. The highest BCUT2D eigenvalue weighted by molar-refractivity contribution is 7.70. The van der Waals surface area contributed by atoms with E-state index >= 15 is 0 Å². The van der Waals surface area contributed by atoms with Crippen LogP contribution >= 0.6 is 15.2 Å². The van der Waals surface area contributed by atoms with Gasteiger partial charge in [-0.15, -0.1) is 0 Å². The molecule has 0 fully saturated rings. The van der Waals surface area contributed by atoms with Crippen LogP contribution in [0.3, 0.4) is 0 Å². The highest BCUT2D eigenvalue weighted by Gasteiger charge is 2.26. The van der Waals surface area contributed by atoms with Crippen molar-refractivity contribution in [3.8, 4) is 0 Å². The average molecular weight is 276 g/mol. The van der Waals surface area contributed by atoms with Crippen LogP contribution in [0.4, 0.5) is 9.59 Å². The number of carbonyl (C=O) groups is 2. The van der Waals surface area contributed by atoms with Crippen molar-refractivity contribution in [2.45, 2.75) is 0 Å². The minimum Gasteiger partial charge on any atom is -0.344 e. The Hall–Kier alpha value is -0.760. The summed E-state index contributed by atoms with van der Waals surface area (Å²) in [5.41, 5.74) is -3.06. The molecule has 12 heteroatoms. The van der Waals surface area contributed by atoms with Crippen LogP contribution in [0.1, 0.15) is 0 Å². The Morgan fingerprint density at radius 3 is 1.25 bits per heavy atom. The predicted octanol–water partition coefficient (Wildman–Crippen LogP) is -1.24. The van der Waals surface area contributed by atoms with Crippen LogP contribution in [0, 0.1) is 0 Å². The summed E-state index contributed by atoms with van der Waals surface area (Å²) in [5.74, 6) is 0. The summed E-state index contributed by atoms with van der Waals surface area (Å²) in [6.07, 6.45) is 0. The lowest BCUT2D eigenvalue weighted by Crippen LogP contribution is -2.33. The SMILES string of the molecule is O=C(NCCNC(=O)P(=O)(O)O)P(=O)(O)O. The summed E-state index contributed by atoms with van der Waals surface area (Å²) in [5, 5.41) is 3.52. The molecule has 94 valence electrons. The van der Waals surface area contributed by atoms with Crippen molar-refractivity contribution < 1.29 is 38.3 Å². The molecule has 10 nitrogen and oxygen atoms in total. The Balaban J connectivity index is 3.88. The van der Waals surface area contributed by atoms with Crippen LogP contribution in [-0.2, 0) is 9.13 Å². The second kappa shape index (κ2) is 5.53. The normalized spacial score (nSPS) is 12.0. The van der Waals surface area contributed by atoms with E-state index in [0.717, 1.165) is 0 Å². The van der Waals surface area contributed by atoms with Crippen LogP contribution in [0.25, 0.3) is 0 Å². The molecule has 0 spiro atoms. The quantitative estimate of drug-likeness (QED) is 0.267. The minimum atomic E-state index is -4.87. The molecule has 0 aliphatic rings. The molecule has 6 N–H and O–H groups in total. The zero-order chi connectivity index (χ0) is 13.0. The van der Waals surface area contributed by atoms with Crippen LogP contribution in [0.5, 0.6) is 0 Å². The standard InChI is InChI=1S/C4H10N2O8P2/c7-3(15(9,10)11)5-1-2-6-4(8)16(12,13)14/h1-2H2,(H,5,7)(H,6,8)(H2,9,10,11)(H2,12,13,14). The number of amides is 2. The monoisotopic (exact) mass is 276 g/mol. The highest BCUT2D eigenvalue weighted by Crippen LogP contribution is 2.35. The molecule has 0 saturated heterocycles. The van der Waals surface area contributed by atoms with Crippen molar-refractivity contribution in [3.05, 3.63) is 0 Å². The molecule has 2 amide bonds. The second-order valence-electron chi connectivity index (χ2n) is 2.55. The summed E-state index contributed by atoms with van der Waals surface area (Å²) < 4.78 is 20.6. The fraction of sp³-hybridized carbons (Fsp3) is 0.500. The van der Waals surface area contributed by atoms with Gasteiger partial charge < -0.3 is 30.2 Å². The molecule has 0 rings (SSSR count). The van der Waals surface area contributed by atoms with Crippen molar-refractivity contribution in [1.29, 1.82) is 0 Å². The smallest absolute Gasteiger partial charge is 0.344 e. The van der Waals surface area contributed by atoms with Crippen molar-refractivity contribution in [1.82, 2.24) is 10.6 Å². The fourth-order valence-electron chi connectivity index (χ4n) is 0.545. The number of carbonyl (C=O) groups excluding carboxylic acids is 2. The van der Waals surface area contributed by atoms with Gasteiger partial charge in [-0.3, -0.25) is 9.59 Å². The maximum Gasteiger partial charge on any atom is 0.413 e. The van der Waals surface area contributed by atoms with E-state index in [2.05, 4.69) is 0 Å². The Bertz CT molecular complexity index is 332. The van der Waals surface area contributed by atoms with Gasteiger partial charge in [0.25, 0.3) is 0 Å². The minimum absolute atomic E-state index is 0.365. The van der Waals surface area contributed by atoms with Gasteiger partial charge in [-0.2, -0.15) is 0 Å². The van der Waals surface area contributed by atoms with Gasteiger partial charge in [0.05, 0.1) is 0 Å². The van der Waals surface area contributed by atoms with E-state index in [1.807, 2.05) is 0 Å². The lowest BCUT2D eigenvalue weighted by molar-refractivity contribution is 0.245. The van der Waals surface area contributed by atoms with E-state index in [0.29, 0.717) is 0 Å². The molecule has 0 radical (unpaired) electrons. The number of hydrogen-bond donors (Lipinski definition) is 6. The molecule has 16 heavy (non-hydrogen) atoms. The Labute approximate surface area is 89.4 Å². The number of nitrogens with one attached hydrogen (secondary N) is 2. The summed E-state index contributed by atoms with van der Waals surface area (Å²) in [4.78, 5) is 54.4. The van der Waals surface area contributed by atoms with Gasteiger partial charge in [-0.1, -0.05) is 0 Å². The van der Waals surface area contributed by atoms with Crippen LogP contribution in [0.2, 0.25) is 0 Å². The molecule has 0 aromatic carbocycles. The van der Waals surface area contributed by atoms with Crippen LogP contribution < -0.4 is 10.6 Å². The third-order valence-corrected chi connectivity index (χ3v) is 2.58. The van der Waals surface area contributed by atoms with E-state index in [1.54, 1.807) is 10.6 Å². The molecule has 0 aliphatic carbocycles. The molecule has 0 aromatic heterocycles. The molecule has 0 atom stereocenters. The topological polar surface area (TPSA) is 173 Å². The Morgan fingerprint density at radius 1 is 0.812 bits per heavy atom. The van der Waals surface area contributed by atoms with Gasteiger partial charge in [0, 0.05) is 13.1 Å². The zero-order valence-corrected chi connectivity index (χ0v) is 9.52. The van der Waals surface area contributed by atoms with Gasteiger partial charge >= 0.3 is 26.5 Å². The van der Waals surface area contributed by atoms with Gasteiger partial charge in [0.2, 0.25) is 0 Å².